The van der Waals surface area contributed by atoms with E-state index in [1.165, 1.54) is 16.2 Å². The van der Waals surface area contributed by atoms with Gasteiger partial charge in [-0.25, -0.2) is 4.98 Å². The number of nitrogens with zero attached hydrogens (tertiary/aromatic N) is 2. The number of rotatable bonds is 2. The molecule has 0 fully saturated rings. The number of nitrogens with two attached hydrogens (primary N) is 1. The lowest BCUT2D eigenvalue weighted by atomic mass is 10.1. The van der Waals surface area contributed by atoms with Crippen molar-refractivity contribution in [1.82, 2.24) is 9.88 Å². The summed E-state index contributed by atoms with van der Waals surface area (Å²) in [5, 5.41) is 0.926. The SMILES string of the molecule is Cc1nc(C)c(C(C)N2C(=O)c3ccc(N)cc3C2=O)s1. The van der Waals surface area contributed by atoms with Gasteiger partial charge in [-0.2, -0.15) is 0 Å². The Bertz CT molecular complexity index is 766. The maximum atomic E-state index is 12.5. The fraction of sp³-hybridized carbons (Fsp3) is 0.267. The van der Waals surface area contributed by atoms with Gasteiger partial charge in [0.2, 0.25) is 0 Å². The Kier molecular flexibility index (Phi) is 3.06. The normalized spacial score (nSPS) is 15.5. The van der Waals surface area contributed by atoms with Gasteiger partial charge in [0.1, 0.15) is 0 Å². The number of amides is 2. The molecular weight excluding hydrogens is 286 g/mol. The Morgan fingerprint density at radius 1 is 1.19 bits per heavy atom. The summed E-state index contributed by atoms with van der Waals surface area (Å²) in [6.07, 6.45) is 0. The number of anilines is 1. The average Bonchev–Trinajstić information content (AvgIpc) is 2.88. The number of hydrogen-bond acceptors (Lipinski definition) is 5. The van der Waals surface area contributed by atoms with Crippen LogP contribution < -0.4 is 5.73 Å². The van der Waals surface area contributed by atoms with Crippen molar-refractivity contribution in [1.29, 1.82) is 0 Å². The lowest BCUT2D eigenvalue weighted by molar-refractivity contribution is 0.0597. The van der Waals surface area contributed by atoms with Gasteiger partial charge in [0.15, 0.2) is 0 Å². The highest BCUT2D eigenvalue weighted by Crippen LogP contribution is 2.35. The zero-order valence-electron chi connectivity index (χ0n) is 12.0. The Hall–Kier alpha value is -2.21. The first-order valence-corrected chi connectivity index (χ1v) is 7.43. The molecule has 5 nitrogen and oxygen atoms in total. The van der Waals surface area contributed by atoms with Gasteiger partial charge in [0, 0.05) is 5.69 Å². The monoisotopic (exact) mass is 301 g/mol. The third-order valence-corrected chi connectivity index (χ3v) is 4.89. The van der Waals surface area contributed by atoms with Crippen LogP contribution in [0.2, 0.25) is 0 Å². The minimum atomic E-state index is -0.329. The van der Waals surface area contributed by atoms with E-state index in [-0.39, 0.29) is 17.9 Å². The van der Waals surface area contributed by atoms with E-state index in [0.717, 1.165) is 15.6 Å². The molecule has 2 N–H and O–H groups in total. The molecule has 3 rings (SSSR count). The summed E-state index contributed by atoms with van der Waals surface area (Å²) in [5.74, 6) is -0.562. The Labute approximate surface area is 126 Å². The topological polar surface area (TPSA) is 76.3 Å². The first-order chi connectivity index (χ1) is 9.90. The van der Waals surface area contributed by atoms with Crippen molar-refractivity contribution in [2.45, 2.75) is 26.8 Å². The second-order valence-electron chi connectivity index (χ2n) is 5.14. The fourth-order valence-electron chi connectivity index (χ4n) is 2.68. The van der Waals surface area contributed by atoms with Crippen LogP contribution in [0.5, 0.6) is 0 Å². The van der Waals surface area contributed by atoms with Gasteiger partial charge >= 0.3 is 0 Å². The van der Waals surface area contributed by atoms with Gasteiger partial charge in [-0.1, -0.05) is 0 Å². The van der Waals surface area contributed by atoms with Crippen LogP contribution in [0.25, 0.3) is 0 Å². The van der Waals surface area contributed by atoms with Crippen molar-refractivity contribution in [3.05, 3.63) is 44.9 Å². The summed E-state index contributed by atoms with van der Waals surface area (Å²) in [6, 6.07) is 4.49. The Morgan fingerprint density at radius 2 is 1.86 bits per heavy atom. The van der Waals surface area contributed by atoms with E-state index in [1.54, 1.807) is 18.2 Å². The van der Waals surface area contributed by atoms with Crippen LogP contribution in [0.4, 0.5) is 5.69 Å². The minimum absolute atomic E-state index is 0.270. The van der Waals surface area contributed by atoms with Crippen LogP contribution >= 0.6 is 11.3 Å². The second kappa shape index (κ2) is 4.66. The largest absolute Gasteiger partial charge is 0.399 e. The van der Waals surface area contributed by atoms with Crippen LogP contribution in [0.3, 0.4) is 0 Å². The van der Waals surface area contributed by atoms with Gasteiger partial charge in [0.25, 0.3) is 11.8 Å². The van der Waals surface area contributed by atoms with Crippen LogP contribution in [0, 0.1) is 13.8 Å². The molecule has 1 atom stereocenters. The van der Waals surface area contributed by atoms with Crippen molar-refractivity contribution >= 4 is 28.8 Å². The van der Waals surface area contributed by atoms with Crippen molar-refractivity contribution in [2.24, 2.45) is 0 Å². The maximum absolute atomic E-state index is 12.5. The number of aromatic nitrogens is 1. The molecule has 21 heavy (non-hydrogen) atoms. The number of nitrogen functional groups attached to an aromatic ring is 1. The molecule has 1 aromatic heterocycles. The molecule has 0 saturated carbocycles. The maximum Gasteiger partial charge on any atom is 0.262 e. The lowest BCUT2D eigenvalue weighted by Gasteiger charge is -2.21. The third kappa shape index (κ3) is 2.03. The smallest absolute Gasteiger partial charge is 0.262 e. The van der Waals surface area contributed by atoms with E-state index in [9.17, 15) is 9.59 Å². The van der Waals surface area contributed by atoms with Crippen LogP contribution in [0.15, 0.2) is 18.2 Å². The number of benzene rings is 1. The Balaban J connectivity index is 2.03. The molecule has 2 amide bonds. The number of hydrogen-bond donors (Lipinski definition) is 1. The molecule has 108 valence electrons. The van der Waals surface area contributed by atoms with Gasteiger partial charge in [-0.3, -0.25) is 14.5 Å². The fourth-order valence-corrected chi connectivity index (χ4v) is 3.65. The van der Waals surface area contributed by atoms with Crippen molar-refractivity contribution in [3.8, 4) is 0 Å². The molecule has 0 aliphatic carbocycles. The van der Waals surface area contributed by atoms with E-state index >= 15 is 0 Å². The van der Waals surface area contributed by atoms with Crippen LogP contribution in [-0.2, 0) is 0 Å². The summed E-state index contributed by atoms with van der Waals surface area (Å²) < 4.78 is 0. The average molecular weight is 301 g/mol. The quantitative estimate of drug-likeness (QED) is 0.683. The van der Waals surface area contributed by atoms with Gasteiger partial charge in [-0.05, 0) is 39.0 Å². The summed E-state index contributed by atoms with van der Waals surface area (Å²) in [7, 11) is 0. The first-order valence-electron chi connectivity index (χ1n) is 6.61. The second-order valence-corrected chi connectivity index (χ2v) is 6.38. The lowest BCUT2D eigenvalue weighted by Crippen LogP contribution is -2.32. The van der Waals surface area contributed by atoms with Gasteiger partial charge in [-0.15, -0.1) is 11.3 Å². The zero-order valence-corrected chi connectivity index (χ0v) is 12.8. The van der Waals surface area contributed by atoms with Gasteiger partial charge in [0.05, 0.1) is 32.7 Å². The van der Waals surface area contributed by atoms with E-state index in [1.807, 2.05) is 20.8 Å². The van der Waals surface area contributed by atoms with E-state index in [4.69, 9.17) is 5.73 Å². The molecule has 1 aliphatic rings. The molecule has 2 heterocycles. The molecular formula is C15H15N3O2S. The number of carbonyl (C=O) groups excluding carboxylic acids is 2. The third-order valence-electron chi connectivity index (χ3n) is 3.65. The molecule has 6 heteroatoms. The van der Waals surface area contributed by atoms with Gasteiger partial charge < -0.3 is 5.73 Å². The molecule has 1 aromatic carbocycles. The number of imide groups is 1. The number of aryl methyl sites for hydroxylation is 2. The molecule has 0 saturated heterocycles. The molecule has 0 radical (unpaired) electrons. The number of thiazole rings is 1. The van der Waals surface area contributed by atoms with E-state index in [2.05, 4.69) is 4.98 Å². The summed E-state index contributed by atoms with van der Waals surface area (Å²) in [5.41, 5.74) is 7.85. The summed E-state index contributed by atoms with van der Waals surface area (Å²) in [4.78, 5) is 31.6. The standard InChI is InChI=1S/C15H15N3O2S/c1-7-13(21-9(3)17-7)8(2)18-14(19)11-5-4-10(16)6-12(11)15(18)20/h4-6,8H,16H2,1-3H3. The molecule has 0 bridgehead atoms. The van der Waals surface area contributed by atoms with Crippen LogP contribution in [0.1, 0.15) is 49.3 Å². The predicted molar refractivity (Wildman–Crippen MR) is 81.4 cm³/mol. The number of carbonyl (C=O) groups is 2. The highest BCUT2D eigenvalue weighted by atomic mass is 32.1. The van der Waals surface area contributed by atoms with Crippen molar-refractivity contribution < 1.29 is 9.59 Å². The molecule has 2 aromatic rings. The predicted octanol–water partition coefficient (Wildman–Crippen LogP) is 2.70. The summed E-state index contributed by atoms with van der Waals surface area (Å²) >= 11 is 1.51. The van der Waals surface area contributed by atoms with Crippen molar-refractivity contribution in [2.75, 3.05) is 5.73 Å². The highest BCUT2D eigenvalue weighted by Gasteiger charge is 2.39. The first kappa shape index (κ1) is 13.8. The van der Waals surface area contributed by atoms with E-state index in [0.29, 0.717) is 16.8 Å². The van der Waals surface area contributed by atoms with E-state index < -0.39 is 0 Å². The zero-order chi connectivity index (χ0) is 15.3. The summed E-state index contributed by atoms with van der Waals surface area (Å²) in [6.45, 7) is 5.66. The molecule has 1 aliphatic heterocycles. The van der Waals surface area contributed by atoms with Crippen LogP contribution in [-0.4, -0.2) is 21.7 Å². The number of fused-ring (bicyclic) bond motifs is 1. The molecule has 0 spiro atoms. The Morgan fingerprint density at radius 3 is 2.48 bits per heavy atom. The highest BCUT2D eigenvalue weighted by molar-refractivity contribution is 7.11. The minimum Gasteiger partial charge on any atom is -0.399 e. The molecule has 1 unspecified atom stereocenters. The van der Waals surface area contributed by atoms with Crippen molar-refractivity contribution in [3.63, 3.8) is 0 Å².